The summed E-state index contributed by atoms with van der Waals surface area (Å²) in [6.45, 7) is 2.90. The van der Waals surface area contributed by atoms with E-state index in [9.17, 15) is 4.39 Å². The van der Waals surface area contributed by atoms with Gasteiger partial charge in [-0.05, 0) is 37.2 Å². The maximum atomic E-state index is 12.8. The van der Waals surface area contributed by atoms with Gasteiger partial charge in [0.2, 0.25) is 0 Å². The van der Waals surface area contributed by atoms with Crippen molar-refractivity contribution >= 4 is 0 Å². The van der Waals surface area contributed by atoms with Gasteiger partial charge in [0.1, 0.15) is 11.6 Å². The molecular weight excluding hydrogens is 169 g/mol. The molecule has 1 aliphatic rings. The number of aromatic hydroxyl groups is 1. The molecule has 0 spiro atoms. The molecule has 1 heterocycles. The van der Waals surface area contributed by atoms with Crippen LogP contribution in [0.2, 0.25) is 0 Å². The molecule has 0 unspecified atom stereocenters. The van der Waals surface area contributed by atoms with Crippen LogP contribution in [0.3, 0.4) is 0 Å². The highest BCUT2D eigenvalue weighted by molar-refractivity contribution is 5.28. The topological polar surface area (TPSA) is 23.5 Å². The van der Waals surface area contributed by atoms with E-state index in [1.165, 1.54) is 12.5 Å². The first kappa shape index (κ1) is 8.51. The minimum absolute atomic E-state index is 0.00974. The molecule has 1 saturated heterocycles. The fraction of sp³-hybridized carbons (Fsp3) is 0.400. The van der Waals surface area contributed by atoms with Crippen LogP contribution in [0.4, 0.5) is 4.39 Å². The Kier molecular flexibility index (Phi) is 2.19. The molecule has 0 atom stereocenters. The molecule has 13 heavy (non-hydrogen) atoms. The summed E-state index contributed by atoms with van der Waals surface area (Å²) in [4.78, 5) is 2.22. The molecule has 0 bridgehead atoms. The molecule has 2 nitrogen and oxygen atoms in total. The zero-order valence-corrected chi connectivity index (χ0v) is 7.33. The predicted octanol–water partition coefficient (Wildman–Crippen LogP) is 1.74. The van der Waals surface area contributed by atoms with E-state index in [0.717, 1.165) is 31.3 Å². The number of hydrogen-bond donors (Lipinski definition) is 1. The number of likely N-dealkylation sites (tertiary alicyclic amines) is 1. The van der Waals surface area contributed by atoms with Crippen LogP contribution in [-0.2, 0) is 6.54 Å². The van der Waals surface area contributed by atoms with Gasteiger partial charge in [-0.2, -0.15) is 0 Å². The Balaban J connectivity index is 2.10. The van der Waals surface area contributed by atoms with E-state index in [2.05, 4.69) is 4.90 Å². The smallest absolute Gasteiger partial charge is 0.127 e. The minimum atomic E-state index is -0.365. The quantitative estimate of drug-likeness (QED) is 0.751. The zero-order chi connectivity index (χ0) is 9.26. The first-order valence-electron chi connectivity index (χ1n) is 4.45. The van der Waals surface area contributed by atoms with Crippen LogP contribution >= 0.6 is 0 Å². The van der Waals surface area contributed by atoms with Gasteiger partial charge in [-0.15, -0.1) is 0 Å². The van der Waals surface area contributed by atoms with E-state index in [4.69, 9.17) is 5.11 Å². The van der Waals surface area contributed by atoms with Crippen LogP contribution in [0.25, 0.3) is 0 Å². The number of hydrogen-bond acceptors (Lipinski definition) is 2. The Morgan fingerprint density at radius 1 is 1.31 bits per heavy atom. The Morgan fingerprint density at radius 3 is 2.62 bits per heavy atom. The van der Waals surface area contributed by atoms with Crippen molar-refractivity contribution < 1.29 is 9.50 Å². The fourth-order valence-electron chi connectivity index (χ4n) is 1.52. The first-order chi connectivity index (χ1) is 6.24. The summed E-state index contributed by atoms with van der Waals surface area (Å²) in [5.41, 5.74) is 0.845. The number of phenolic OH excluding ortho intramolecular Hbond substituents is 1. The van der Waals surface area contributed by atoms with Crippen molar-refractivity contribution in [2.45, 2.75) is 13.0 Å². The molecule has 0 radical (unpaired) electrons. The minimum Gasteiger partial charge on any atom is -0.508 e. The summed E-state index contributed by atoms with van der Waals surface area (Å²) in [6, 6.07) is 4.21. The fourth-order valence-corrected chi connectivity index (χ4v) is 1.52. The van der Waals surface area contributed by atoms with Crippen molar-refractivity contribution in [3.63, 3.8) is 0 Å². The summed E-state index contributed by atoms with van der Waals surface area (Å²) in [5.74, 6) is -0.356. The zero-order valence-electron chi connectivity index (χ0n) is 7.33. The molecule has 2 rings (SSSR count). The number of halogens is 1. The Bertz CT molecular complexity index is 290. The van der Waals surface area contributed by atoms with Gasteiger partial charge in [-0.25, -0.2) is 4.39 Å². The highest BCUT2D eigenvalue weighted by Gasteiger charge is 2.14. The van der Waals surface area contributed by atoms with E-state index in [1.807, 2.05) is 0 Å². The van der Waals surface area contributed by atoms with E-state index in [1.54, 1.807) is 6.07 Å². The molecule has 1 N–H and O–H groups in total. The molecule has 1 aromatic rings. The van der Waals surface area contributed by atoms with Gasteiger partial charge in [-0.1, -0.05) is 0 Å². The van der Waals surface area contributed by atoms with Crippen LogP contribution < -0.4 is 0 Å². The van der Waals surface area contributed by atoms with Gasteiger partial charge in [0.15, 0.2) is 0 Å². The second-order valence-corrected chi connectivity index (χ2v) is 3.45. The van der Waals surface area contributed by atoms with Gasteiger partial charge in [0.05, 0.1) is 0 Å². The SMILES string of the molecule is Oc1cc(F)cc(CN2CCC2)c1. The lowest BCUT2D eigenvalue weighted by Gasteiger charge is -2.30. The van der Waals surface area contributed by atoms with Crippen molar-refractivity contribution in [1.82, 2.24) is 4.90 Å². The third-order valence-electron chi connectivity index (χ3n) is 2.30. The van der Waals surface area contributed by atoms with Crippen LogP contribution in [0, 0.1) is 5.82 Å². The molecule has 0 aromatic heterocycles. The second-order valence-electron chi connectivity index (χ2n) is 3.45. The molecule has 0 aliphatic carbocycles. The van der Waals surface area contributed by atoms with Crippen molar-refractivity contribution in [2.75, 3.05) is 13.1 Å². The van der Waals surface area contributed by atoms with Gasteiger partial charge in [0, 0.05) is 12.6 Å². The predicted molar refractivity (Wildman–Crippen MR) is 48.0 cm³/mol. The Hall–Kier alpha value is -1.09. The average molecular weight is 181 g/mol. The molecule has 0 saturated carbocycles. The second kappa shape index (κ2) is 3.34. The highest BCUT2D eigenvalue weighted by atomic mass is 19.1. The lowest BCUT2D eigenvalue weighted by atomic mass is 10.1. The van der Waals surface area contributed by atoms with Crippen LogP contribution in [0.1, 0.15) is 12.0 Å². The summed E-state index contributed by atoms with van der Waals surface area (Å²) in [7, 11) is 0. The number of rotatable bonds is 2. The molecule has 1 aromatic carbocycles. The molecule has 1 fully saturated rings. The number of phenols is 1. The van der Waals surface area contributed by atoms with Crippen LogP contribution in [0.5, 0.6) is 5.75 Å². The average Bonchev–Trinajstić information content (AvgIpc) is 1.95. The maximum Gasteiger partial charge on any atom is 0.127 e. The summed E-state index contributed by atoms with van der Waals surface area (Å²) >= 11 is 0. The van der Waals surface area contributed by atoms with Gasteiger partial charge < -0.3 is 5.11 Å². The summed E-state index contributed by atoms with van der Waals surface area (Å²) in [5, 5.41) is 9.14. The third kappa shape index (κ3) is 1.98. The molecule has 3 heteroatoms. The largest absolute Gasteiger partial charge is 0.508 e. The van der Waals surface area contributed by atoms with Crippen molar-refractivity contribution in [3.8, 4) is 5.75 Å². The standard InChI is InChI=1S/C10H12FNO/c11-9-4-8(5-10(13)6-9)7-12-2-1-3-12/h4-6,13H,1-3,7H2. The normalized spacial score (nSPS) is 17.0. The molecule has 0 amide bonds. The monoisotopic (exact) mass is 181 g/mol. The summed E-state index contributed by atoms with van der Waals surface area (Å²) in [6.07, 6.45) is 1.22. The number of nitrogens with zero attached hydrogens (tertiary/aromatic N) is 1. The van der Waals surface area contributed by atoms with Gasteiger partial charge in [0.25, 0.3) is 0 Å². The number of benzene rings is 1. The highest BCUT2D eigenvalue weighted by Crippen LogP contribution is 2.18. The van der Waals surface area contributed by atoms with Gasteiger partial charge >= 0.3 is 0 Å². The van der Waals surface area contributed by atoms with E-state index < -0.39 is 0 Å². The molecule has 70 valence electrons. The third-order valence-corrected chi connectivity index (χ3v) is 2.30. The maximum absolute atomic E-state index is 12.8. The molecular formula is C10H12FNO. The summed E-state index contributed by atoms with van der Waals surface area (Å²) < 4.78 is 12.8. The Labute approximate surface area is 76.6 Å². The lowest BCUT2D eigenvalue weighted by Crippen LogP contribution is -2.36. The van der Waals surface area contributed by atoms with Gasteiger partial charge in [-0.3, -0.25) is 4.90 Å². The van der Waals surface area contributed by atoms with E-state index in [0.29, 0.717) is 0 Å². The first-order valence-corrected chi connectivity index (χ1v) is 4.45. The van der Waals surface area contributed by atoms with Crippen molar-refractivity contribution in [1.29, 1.82) is 0 Å². The Morgan fingerprint density at radius 2 is 2.08 bits per heavy atom. The molecule has 1 aliphatic heterocycles. The lowest BCUT2D eigenvalue weighted by molar-refractivity contribution is 0.172. The van der Waals surface area contributed by atoms with E-state index in [-0.39, 0.29) is 11.6 Å². The van der Waals surface area contributed by atoms with E-state index >= 15 is 0 Å². The van der Waals surface area contributed by atoms with Crippen LogP contribution in [-0.4, -0.2) is 23.1 Å². The van der Waals surface area contributed by atoms with Crippen LogP contribution in [0.15, 0.2) is 18.2 Å². The van der Waals surface area contributed by atoms with Crippen molar-refractivity contribution in [2.24, 2.45) is 0 Å². The van der Waals surface area contributed by atoms with Crippen molar-refractivity contribution in [3.05, 3.63) is 29.6 Å².